The summed E-state index contributed by atoms with van der Waals surface area (Å²) < 4.78 is 18.2. The van der Waals surface area contributed by atoms with E-state index in [4.69, 9.17) is 4.74 Å². The topological polar surface area (TPSA) is 26.3 Å². The molecule has 0 aliphatic rings. The normalized spacial score (nSPS) is 10.4. The summed E-state index contributed by atoms with van der Waals surface area (Å²) in [5.74, 6) is -0.917. The van der Waals surface area contributed by atoms with Gasteiger partial charge in [-0.1, -0.05) is 24.3 Å². The van der Waals surface area contributed by atoms with E-state index in [0.29, 0.717) is 10.8 Å². The molecule has 0 bridgehead atoms. The van der Waals surface area contributed by atoms with E-state index in [-0.39, 0.29) is 12.2 Å². The highest BCUT2D eigenvalue weighted by molar-refractivity contribution is 6.04. The van der Waals surface area contributed by atoms with Crippen LogP contribution in [0.4, 0.5) is 4.39 Å². The van der Waals surface area contributed by atoms with Crippen molar-refractivity contribution in [3.8, 4) is 0 Å². The first kappa shape index (κ1) is 10.6. The zero-order valence-electron chi connectivity index (χ0n) is 8.87. The van der Waals surface area contributed by atoms with E-state index in [1.807, 2.05) is 6.07 Å². The zero-order chi connectivity index (χ0) is 11.5. The standard InChI is InChI=1S/C13H11FO2/c1-2-16-13(15)12-8-10(14)7-9-5-3-4-6-11(9)12/h3-8H,2H2,1H3. The molecular formula is C13H11FO2. The van der Waals surface area contributed by atoms with Crippen molar-refractivity contribution in [2.45, 2.75) is 6.92 Å². The molecule has 0 atom stereocenters. The van der Waals surface area contributed by atoms with Gasteiger partial charge in [0.1, 0.15) is 5.82 Å². The summed E-state index contributed by atoms with van der Waals surface area (Å²) in [7, 11) is 0. The van der Waals surface area contributed by atoms with Gasteiger partial charge in [0.2, 0.25) is 0 Å². The Morgan fingerprint density at radius 2 is 2.06 bits per heavy atom. The Hall–Kier alpha value is -1.90. The summed E-state index contributed by atoms with van der Waals surface area (Å²) in [5, 5.41) is 1.41. The molecule has 0 saturated carbocycles. The minimum Gasteiger partial charge on any atom is -0.462 e. The second-order valence-electron chi connectivity index (χ2n) is 3.39. The Bertz CT molecular complexity index is 534. The molecule has 0 saturated heterocycles. The highest BCUT2D eigenvalue weighted by atomic mass is 19.1. The molecular weight excluding hydrogens is 207 g/mol. The molecule has 0 amide bonds. The van der Waals surface area contributed by atoms with E-state index in [0.717, 1.165) is 0 Å². The molecule has 16 heavy (non-hydrogen) atoms. The first-order chi connectivity index (χ1) is 7.72. The maximum atomic E-state index is 13.3. The van der Waals surface area contributed by atoms with Crippen molar-refractivity contribution < 1.29 is 13.9 Å². The highest BCUT2D eigenvalue weighted by Gasteiger charge is 2.12. The fraction of sp³-hybridized carbons (Fsp3) is 0.154. The van der Waals surface area contributed by atoms with E-state index in [1.54, 1.807) is 25.1 Å². The molecule has 0 fully saturated rings. The summed E-state index contributed by atoms with van der Waals surface area (Å²) in [4.78, 5) is 11.6. The molecule has 0 N–H and O–H groups in total. The number of esters is 1. The molecule has 0 heterocycles. The van der Waals surface area contributed by atoms with Crippen LogP contribution in [0.1, 0.15) is 17.3 Å². The SMILES string of the molecule is CCOC(=O)c1cc(F)cc2ccccc12. The van der Waals surface area contributed by atoms with Crippen molar-refractivity contribution in [2.75, 3.05) is 6.61 Å². The third-order valence-electron chi connectivity index (χ3n) is 2.32. The van der Waals surface area contributed by atoms with Crippen LogP contribution in [-0.4, -0.2) is 12.6 Å². The molecule has 2 rings (SSSR count). The van der Waals surface area contributed by atoms with Crippen LogP contribution in [0.15, 0.2) is 36.4 Å². The van der Waals surface area contributed by atoms with Gasteiger partial charge in [-0.25, -0.2) is 9.18 Å². The van der Waals surface area contributed by atoms with Gasteiger partial charge in [-0.05, 0) is 29.8 Å². The fourth-order valence-corrected chi connectivity index (χ4v) is 1.65. The van der Waals surface area contributed by atoms with Crippen LogP contribution in [0.25, 0.3) is 10.8 Å². The number of rotatable bonds is 2. The second kappa shape index (κ2) is 4.31. The summed E-state index contributed by atoms with van der Waals surface area (Å²) in [6, 6.07) is 9.76. The van der Waals surface area contributed by atoms with Gasteiger partial charge in [-0.15, -0.1) is 0 Å². The smallest absolute Gasteiger partial charge is 0.338 e. The maximum absolute atomic E-state index is 13.3. The lowest BCUT2D eigenvalue weighted by Gasteiger charge is -2.06. The Morgan fingerprint density at radius 1 is 1.31 bits per heavy atom. The quantitative estimate of drug-likeness (QED) is 0.724. The molecule has 0 aliphatic heterocycles. The van der Waals surface area contributed by atoms with E-state index >= 15 is 0 Å². The molecule has 2 nitrogen and oxygen atoms in total. The lowest BCUT2D eigenvalue weighted by atomic mass is 10.0. The Morgan fingerprint density at radius 3 is 2.81 bits per heavy atom. The number of carbonyl (C=O) groups excluding carboxylic acids is 1. The Kier molecular flexibility index (Phi) is 2.86. The van der Waals surface area contributed by atoms with Gasteiger partial charge < -0.3 is 4.74 Å². The van der Waals surface area contributed by atoms with Gasteiger partial charge in [-0.2, -0.15) is 0 Å². The van der Waals surface area contributed by atoms with Crippen LogP contribution in [0.5, 0.6) is 0 Å². The Labute approximate surface area is 92.6 Å². The van der Waals surface area contributed by atoms with Gasteiger partial charge in [0.15, 0.2) is 0 Å². The number of carbonyl (C=O) groups is 1. The number of halogens is 1. The summed E-state index contributed by atoms with van der Waals surface area (Å²) in [6.07, 6.45) is 0. The molecule has 0 spiro atoms. The first-order valence-electron chi connectivity index (χ1n) is 5.08. The molecule has 2 aromatic rings. The molecule has 82 valence electrons. The van der Waals surface area contributed by atoms with Crippen molar-refractivity contribution in [1.29, 1.82) is 0 Å². The lowest BCUT2D eigenvalue weighted by Crippen LogP contribution is -2.05. The fourth-order valence-electron chi connectivity index (χ4n) is 1.65. The molecule has 0 radical (unpaired) electrons. The largest absolute Gasteiger partial charge is 0.462 e. The summed E-state index contributed by atoms with van der Waals surface area (Å²) in [5.41, 5.74) is 0.275. The van der Waals surface area contributed by atoms with Crippen molar-refractivity contribution in [1.82, 2.24) is 0 Å². The maximum Gasteiger partial charge on any atom is 0.338 e. The second-order valence-corrected chi connectivity index (χ2v) is 3.39. The van der Waals surface area contributed by atoms with Crippen LogP contribution in [-0.2, 0) is 4.74 Å². The predicted octanol–water partition coefficient (Wildman–Crippen LogP) is 3.16. The van der Waals surface area contributed by atoms with Crippen LogP contribution < -0.4 is 0 Å². The van der Waals surface area contributed by atoms with Crippen molar-refractivity contribution in [2.24, 2.45) is 0 Å². The van der Waals surface area contributed by atoms with Crippen molar-refractivity contribution >= 4 is 16.7 Å². The molecule has 3 heteroatoms. The van der Waals surface area contributed by atoms with Gasteiger partial charge >= 0.3 is 5.97 Å². The number of hydrogen-bond acceptors (Lipinski definition) is 2. The third kappa shape index (κ3) is 1.89. The van der Waals surface area contributed by atoms with Crippen LogP contribution in [0.3, 0.4) is 0 Å². The van der Waals surface area contributed by atoms with Gasteiger partial charge in [0, 0.05) is 0 Å². The average molecular weight is 218 g/mol. The molecule has 0 unspecified atom stereocenters. The minimum atomic E-state index is -0.488. The van der Waals surface area contributed by atoms with Crippen molar-refractivity contribution in [3.63, 3.8) is 0 Å². The lowest BCUT2D eigenvalue weighted by molar-refractivity contribution is 0.0528. The van der Waals surface area contributed by atoms with E-state index < -0.39 is 11.8 Å². The van der Waals surface area contributed by atoms with Gasteiger partial charge in [0.25, 0.3) is 0 Å². The predicted molar refractivity (Wildman–Crippen MR) is 59.9 cm³/mol. The molecule has 2 aromatic carbocycles. The highest BCUT2D eigenvalue weighted by Crippen LogP contribution is 2.21. The van der Waals surface area contributed by atoms with E-state index in [9.17, 15) is 9.18 Å². The monoisotopic (exact) mass is 218 g/mol. The van der Waals surface area contributed by atoms with Crippen LogP contribution in [0, 0.1) is 5.82 Å². The molecule has 0 aromatic heterocycles. The third-order valence-corrected chi connectivity index (χ3v) is 2.32. The van der Waals surface area contributed by atoms with Crippen LogP contribution >= 0.6 is 0 Å². The zero-order valence-corrected chi connectivity index (χ0v) is 8.87. The summed E-state index contributed by atoms with van der Waals surface area (Å²) in [6.45, 7) is 2.00. The average Bonchev–Trinajstić information content (AvgIpc) is 2.28. The molecule has 0 aliphatic carbocycles. The van der Waals surface area contributed by atoms with Crippen LogP contribution in [0.2, 0.25) is 0 Å². The van der Waals surface area contributed by atoms with E-state index in [1.165, 1.54) is 12.1 Å². The number of hydrogen-bond donors (Lipinski definition) is 0. The number of benzene rings is 2. The Balaban J connectivity index is 2.63. The van der Waals surface area contributed by atoms with Crippen molar-refractivity contribution in [3.05, 3.63) is 47.8 Å². The van der Waals surface area contributed by atoms with Gasteiger partial charge in [-0.3, -0.25) is 0 Å². The minimum absolute atomic E-state index is 0.275. The number of ether oxygens (including phenoxy) is 1. The van der Waals surface area contributed by atoms with E-state index in [2.05, 4.69) is 0 Å². The summed E-state index contributed by atoms with van der Waals surface area (Å²) >= 11 is 0. The number of fused-ring (bicyclic) bond motifs is 1. The van der Waals surface area contributed by atoms with Gasteiger partial charge in [0.05, 0.1) is 12.2 Å². The first-order valence-corrected chi connectivity index (χ1v) is 5.08.